The second-order valence-electron chi connectivity index (χ2n) is 4.03. The predicted octanol–water partition coefficient (Wildman–Crippen LogP) is 2.22. The zero-order valence-corrected chi connectivity index (χ0v) is 9.38. The Labute approximate surface area is 103 Å². The largest absolute Gasteiger partial charge is 0.508 e. The molecule has 5 heteroatoms. The smallest absolute Gasteiger partial charge is 0.149 e. The number of aromatic nitrogens is 2. The molecule has 0 radical (unpaired) electrons. The first-order valence-electron chi connectivity index (χ1n) is 5.42. The van der Waals surface area contributed by atoms with Gasteiger partial charge in [-0.15, -0.1) is 0 Å². The number of benzene rings is 2. The molecule has 0 saturated heterocycles. The van der Waals surface area contributed by atoms with Crippen LogP contribution in [0.15, 0.2) is 36.4 Å². The van der Waals surface area contributed by atoms with Crippen LogP contribution in [0.2, 0.25) is 0 Å². The number of anilines is 1. The molecule has 1 aromatic heterocycles. The van der Waals surface area contributed by atoms with Gasteiger partial charge in [-0.2, -0.15) is 0 Å². The molecule has 0 unspecified atom stereocenters. The van der Waals surface area contributed by atoms with Crippen molar-refractivity contribution in [2.24, 2.45) is 0 Å². The Hall–Kier alpha value is -2.69. The molecule has 90 valence electrons. The molecular weight excluding hydrogens is 230 g/mol. The van der Waals surface area contributed by atoms with Gasteiger partial charge in [-0.3, -0.25) is 0 Å². The maximum atomic E-state index is 9.90. The minimum Gasteiger partial charge on any atom is -0.508 e. The van der Waals surface area contributed by atoms with E-state index in [1.54, 1.807) is 36.4 Å². The molecule has 5 nitrogen and oxygen atoms in total. The summed E-state index contributed by atoms with van der Waals surface area (Å²) in [5.74, 6) is 0.677. The minimum absolute atomic E-state index is 0.000720. The first-order chi connectivity index (χ1) is 8.65. The van der Waals surface area contributed by atoms with Crippen molar-refractivity contribution in [3.63, 3.8) is 0 Å². The number of aromatic hydroxyl groups is 2. The second kappa shape index (κ2) is 3.66. The molecule has 0 aliphatic carbocycles. The number of rotatable bonds is 1. The molecule has 3 rings (SSSR count). The third-order valence-corrected chi connectivity index (χ3v) is 2.79. The molecule has 3 aromatic rings. The Morgan fingerprint density at radius 2 is 1.94 bits per heavy atom. The highest BCUT2D eigenvalue weighted by Gasteiger charge is 2.11. The molecule has 0 bridgehead atoms. The van der Waals surface area contributed by atoms with Crippen LogP contribution in [0.5, 0.6) is 11.5 Å². The van der Waals surface area contributed by atoms with Crippen LogP contribution in [0, 0.1) is 0 Å². The number of imidazole rings is 1. The van der Waals surface area contributed by atoms with Gasteiger partial charge in [-0.25, -0.2) is 4.98 Å². The van der Waals surface area contributed by atoms with E-state index in [1.807, 2.05) is 0 Å². The summed E-state index contributed by atoms with van der Waals surface area (Å²) in [7, 11) is 0. The molecule has 0 amide bonds. The lowest BCUT2D eigenvalue weighted by molar-refractivity contribution is 0.476. The summed E-state index contributed by atoms with van der Waals surface area (Å²) >= 11 is 0. The number of nitrogens with one attached hydrogen (secondary N) is 1. The first kappa shape index (κ1) is 10.5. The molecule has 1 heterocycles. The predicted molar refractivity (Wildman–Crippen MR) is 69.3 cm³/mol. The summed E-state index contributed by atoms with van der Waals surface area (Å²) in [5, 5.41) is 19.3. The molecular formula is C13H11N3O2. The van der Waals surface area contributed by atoms with Crippen LogP contribution in [0.1, 0.15) is 0 Å². The molecule has 0 saturated carbocycles. The molecule has 5 N–H and O–H groups in total. The van der Waals surface area contributed by atoms with Crippen LogP contribution in [0.4, 0.5) is 5.69 Å². The van der Waals surface area contributed by atoms with E-state index in [2.05, 4.69) is 9.97 Å². The molecule has 18 heavy (non-hydrogen) atoms. The van der Waals surface area contributed by atoms with E-state index in [4.69, 9.17) is 5.73 Å². The van der Waals surface area contributed by atoms with Crippen molar-refractivity contribution in [1.82, 2.24) is 9.97 Å². The number of phenolic OH excluding ortho intramolecular Hbond substituents is 2. The topological polar surface area (TPSA) is 95.2 Å². The van der Waals surface area contributed by atoms with Crippen LogP contribution < -0.4 is 5.73 Å². The Kier molecular flexibility index (Phi) is 2.13. The monoisotopic (exact) mass is 241 g/mol. The van der Waals surface area contributed by atoms with Crippen LogP contribution in [-0.2, 0) is 0 Å². The number of nitrogens with two attached hydrogens (primary N) is 1. The fraction of sp³-hybridized carbons (Fsp3) is 0. The van der Waals surface area contributed by atoms with Crippen molar-refractivity contribution in [2.75, 3.05) is 5.73 Å². The molecule has 0 atom stereocenters. The molecule has 0 aliphatic rings. The number of nitrogen functional groups attached to an aromatic ring is 1. The molecule has 2 aromatic carbocycles. The highest BCUT2D eigenvalue weighted by atomic mass is 16.3. The second-order valence-corrected chi connectivity index (χ2v) is 4.03. The van der Waals surface area contributed by atoms with Gasteiger partial charge in [-0.1, -0.05) is 6.07 Å². The SMILES string of the molecule is Nc1cccc(-c2nc3ccc(O)cc3[nH]2)c1O. The van der Waals surface area contributed by atoms with Crippen LogP contribution in [0.25, 0.3) is 22.4 Å². The summed E-state index contributed by atoms with van der Waals surface area (Å²) < 4.78 is 0. The zero-order valence-electron chi connectivity index (χ0n) is 9.38. The average molecular weight is 241 g/mol. The van der Waals surface area contributed by atoms with Gasteiger partial charge >= 0.3 is 0 Å². The Balaban J connectivity index is 2.22. The third-order valence-electron chi connectivity index (χ3n) is 2.79. The highest BCUT2D eigenvalue weighted by Crippen LogP contribution is 2.33. The van der Waals surface area contributed by atoms with E-state index in [0.717, 1.165) is 0 Å². The number of nitrogens with zero attached hydrogens (tertiary/aromatic N) is 1. The number of phenols is 2. The average Bonchev–Trinajstić information content (AvgIpc) is 2.75. The van der Waals surface area contributed by atoms with Crippen molar-refractivity contribution in [3.05, 3.63) is 36.4 Å². The summed E-state index contributed by atoms with van der Waals surface area (Å²) in [4.78, 5) is 7.38. The molecule has 0 aliphatic heterocycles. The number of hydrogen-bond acceptors (Lipinski definition) is 4. The highest BCUT2D eigenvalue weighted by molar-refractivity contribution is 5.83. The van der Waals surface area contributed by atoms with E-state index in [0.29, 0.717) is 28.1 Å². The van der Waals surface area contributed by atoms with Crippen LogP contribution >= 0.6 is 0 Å². The van der Waals surface area contributed by atoms with Gasteiger partial charge in [0.05, 0.1) is 22.3 Å². The number of aromatic amines is 1. The van der Waals surface area contributed by atoms with Crippen molar-refractivity contribution >= 4 is 16.7 Å². The van der Waals surface area contributed by atoms with Crippen LogP contribution in [-0.4, -0.2) is 20.2 Å². The molecule has 0 fully saturated rings. The standard InChI is InChI=1S/C13H11N3O2/c14-9-3-1-2-8(12(9)18)13-15-10-5-4-7(17)6-11(10)16-13/h1-6,17-18H,14H2,(H,15,16). The summed E-state index contributed by atoms with van der Waals surface area (Å²) in [6.07, 6.45) is 0. The van der Waals surface area contributed by atoms with Gasteiger partial charge in [0.15, 0.2) is 0 Å². The third kappa shape index (κ3) is 1.53. The number of hydrogen-bond donors (Lipinski definition) is 4. The van der Waals surface area contributed by atoms with Gasteiger partial charge in [0.2, 0.25) is 0 Å². The van der Waals surface area contributed by atoms with Crippen molar-refractivity contribution < 1.29 is 10.2 Å². The maximum absolute atomic E-state index is 9.90. The normalized spacial score (nSPS) is 10.9. The van der Waals surface area contributed by atoms with E-state index < -0.39 is 0 Å². The van der Waals surface area contributed by atoms with E-state index in [-0.39, 0.29) is 11.5 Å². The number of fused-ring (bicyclic) bond motifs is 1. The van der Waals surface area contributed by atoms with E-state index in [1.165, 1.54) is 0 Å². The number of para-hydroxylation sites is 1. The van der Waals surface area contributed by atoms with Crippen molar-refractivity contribution in [3.8, 4) is 22.9 Å². The van der Waals surface area contributed by atoms with Gasteiger partial charge in [0.25, 0.3) is 0 Å². The van der Waals surface area contributed by atoms with E-state index in [9.17, 15) is 10.2 Å². The van der Waals surface area contributed by atoms with Crippen molar-refractivity contribution in [2.45, 2.75) is 0 Å². The van der Waals surface area contributed by atoms with E-state index >= 15 is 0 Å². The lowest BCUT2D eigenvalue weighted by atomic mass is 10.1. The Bertz CT molecular complexity index is 734. The Morgan fingerprint density at radius 3 is 2.78 bits per heavy atom. The van der Waals surface area contributed by atoms with Gasteiger partial charge in [-0.05, 0) is 24.3 Å². The summed E-state index contributed by atoms with van der Waals surface area (Å²) in [5.41, 5.74) is 7.89. The van der Waals surface area contributed by atoms with Crippen LogP contribution in [0.3, 0.4) is 0 Å². The maximum Gasteiger partial charge on any atom is 0.149 e. The van der Waals surface area contributed by atoms with Crippen molar-refractivity contribution in [1.29, 1.82) is 0 Å². The van der Waals surface area contributed by atoms with Gasteiger partial charge in [0.1, 0.15) is 17.3 Å². The Morgan fingerprint density at radius 1 is 1.11 bits per heavy atom. The summed E-state index contributed by atoms with van der Waals surface area (Å²) in [6, 6.07) is 9.93. The molecule has 0 spiro atoms. The first-order valence-corrected chi connectivity index (χ1v) is 5.42. The quantitative estimate of drug-likeness (QED) is 0.388. The minimum atomic E-state index is 0.000720. The lowest BCUT2D eigenvalue weighted by Gasteiger charge is -2.03. The zero-order chi connectivity index (χ0) is 12.7. The lowest BCUT2D eigenvalue weighted by Crippen LogP contribution is -1.88. The fourth-order valence-corrected chi connectivity index (χ4v) is 1.88. The summed E-state index contributed by atoms with van der Waals surface area (Å²) in [6.45, 7) is 0. The fourth-order valence-electron chi connectivity index (χ4n) is 1.88. The van der Waals surface area contributed by atoms with Gasteiger partial charge in [0, 0.05) is 6.07 Å². The van der Waals surface area contributed by atoms with Gasteiger partial charge < -0.3 is 20.9 Å². The number of H-pyrrole nitrogens is 1.